The number of carboxylic acids is 1. The van der Waals surface area contributed by atoms with E-state index in [0.29, 0.717) is 6.42 Å². The molecule has 0 heterocycles. The van der Waals surface area contributed by atoms with Crippen molar-refractivity contribution in [2.24, 2.45) is 5.41 Å². The van der Waals surface area contributed by atoms with Crippen molar-refractivity contribution < 1.29 is 14.6 Å². The molecule has 3 heteroatoms. The van der Waals surface area contributed by atoms with E-state index >= 15 is 0 Å². The lowest BCUT2D eigenvalue weighted by molar-refractivity contribution is -0.148. The SMILES string of the molecule is CO/C=C1\CCCC(C)(C(=O)O)C1. The number of carboxylic acid groups (broad SMARTS) is 1. The van der Waals surface area contributed by atoms with Crippen LogP contribution < -0.4 is 0 Å². The highest BCUT2D eigenvalue weighted by atomic mass is 16.5. The number of carbonyl (C=O) groups is 1. The third-order valence-corrected chi connectivity index (χ3v) is 2.64. The lowest BCUT2D eigenvalue weighted by Crippen LogP contribution is -2.30. The molecule has 1 fully saturated rings. The molecule has 13 heavy (non-hydrogen) atoms. The highest BCUT2D eigenvalue weighted by molar-refractivity contribution is 5.74. The van der Waals surface area contributed by atoms with Gasteiger partial charge in [0.2, 0.25) is 0 Å². The van der Waals surface area contributed by atoms with Crippen LogP contribution in [0.15, 0.2) is 11.8 Å². The van der Waals surface area contributed by atoms with E-state index < -0.39 is 11.4 Å². The summed E-state index contributed by atoms with van der Waals surface area (Å²) in [7, 11) is 1.60. The van der Waals surface area contributed by atoms with E-state index in [9.17, 15) is 4.79 Å². The largest absolute Gasteiger partial charge is 0.504 e. The molecular formula is C10H16O3. The predicted molar refractivity (Wildman–Crippen MR) is 49.3 cm³/mol. The van der Waals surface area contributed by atoms with Crippen molar-refractivity contribution in [1.82, 2.24) is 0 Å². The fraction of sp³-hybridized carbons (Fsp3) is 0.700. The molecule has 0 aromatic rings. The van der Waals surface area contributed by atoms with E-state index in [1.54, 1.807) is 20.3 Å². The van der Waals surface area contributed by atoms with Gasteiger partial charge in [-0.25, -0.2) is 0 Å². The first-order valence-corrected chi connectivity index (χ1v) is 4.52. The van der Waals surface area contributed by atoms with Crippen LogP contribution in [0, 0.1) is 5.41 Å². The minimum Gasteiger partial charge on any atom is -0.504 e. The van der Waals surface area contributed by atoms with Crippen molar-refractivity contribution >= 4 is 5.97 Å². The Morgan fingerprint density at radius 3 is 2.92 bits per heavy atom. The van der Waals surface area contributed by atoms with Crippen LogP contribution in [0.2, 0.25) is 0 Å². The van der Waals surface area contributed by atoms with E-state index in [-0.39, 0.29) is 0 Å². The molecule has 0 amide bonds. The first kappa shape index (κ1) is 10.1. The molecule has 0 aromatic heterocycles. The zero-order chi connectivity index (χ0) is 9.90. The number of methoxy groups -OCH3 is 1. The zero-order valence-corrected chi connectivity index (χ0v) is 8.17. The van der Waals surface area contributed by atoms with Gasteiger partial charge in [0, 0.05) is 0 Å². The molecular weight excluding hydrogens is 168 g/mol. The second-order valence-corrected chi connectivity index (χ2v) is 3.91. The standard InChI is InChI=1S/C10H16O3/c1-10(9(11)12)5-3-4-8(6-10)7-13-2/h7H,3-6H2,1-2H3,(H,11,12)/b8-7+. The van der Waals surface area contributed by atoms with Crippen LogP contribution in [0.3, 0.4) is 0 Å². The Morgan fingerprint density at radius 1 is 1.69 bits per heavy atom. The Labute approximate surface area is 78.4 Å². The summed E-state index contributed by atoms with van der Waals surface area (Å²) < 4.78 is 4.90. The fourth-order valence-corrected chi connectivity index (χ4v) is 1.83. The second-order valence-electron chi connectivity index (χ2n) is 3.91. The molecule has 0 aliphatic heterocycles. The Bertz CT molecular complexity index is 232. The van der Waals surface area contributed by atoms with Crippen molar-refractivity contribution in [2.75, 3.05) is 7.11 Å². The van der Waals surface area contributed by atoms with E-state index in [4.69, 9.17) is 9.84 Å². The molecule has 0 radical (unpaired) electrons. The van der Waals surface area contributed by atoms with Gasteiger partial charge in [0.15, 0.2) is 0 Å². The van der Waals surface area contributed by atoms with Crippen molar-refractivity contribution in [3.05, 3.63) is 11.8 Å². The topological polar surface area (TPSA) is 46.5 Å². The van der Waals surface area contributed by atoms with Crippen molar-refractivity contribution in [3.63, 3.8) is 0 Å². The van der Waals surface area contributed by atoms with Gasteiger partial charge in [-0.2, -0.15) is 0 Å². The minimum absolute atomic E-state index is 0.581. The summed E-state index contributed by atoms with van der Waals surface area (Å²) in [5.41, 5.74) is 0.529. The summed E-state index contributed by atoms with van der Waals surface area (Å²) >= 11 is 0. The van der Waals surface area contributed by atoms with Crippen LogP contribution >= 0.6 is 0 Å². The maximum Gasteiger partial charge on any atom is 0.309 e. The van der Waals surface area contributed by atoms with E-state index in [0.717, 1.165) is 24.8 Å². The van der Waals surface area contributed by atoms with Gasteiger partial charge in [-0.1, -0.05) is 0 Å². The molecule has 1 unspecified atom stereocenters. The summed E-state index contributed by atoms with van der Waals surface area (Å²) in [6.07, 6.45) is 4.98. The smallest absolute Gasteiger partial charge is 0.309 e. The summed E-state index contributed by atoms with van der Waals surface area (Å²) in [5.74, 6) is -0.700. The third-order valence-electron chi connectivity index (χ3n) is 2.64. The van der Waals surface area contributed by atoms with Gasteiger partial charge in [-0.05, 0) is 38.2 Å². The molecule has 1 saturated carbocycles. The summed E-state index contributed by atoms with van der Waals surface area (Å²) in [6.45, 7) is 1.80. The molecule has 1 rings (SSSR count). The van der Waals surface area contributed by atoms with Crippen LogP contribution in [-0.4, -0.2) is 18.2 Å². The number of rotatable bonds is 2. The van der Waals surface area contributed by atoms with Gasteiger partial charge in [-0.3, -0.25) is 4.79 Å². The summed E-state index contributed by atoms with van der Waals surface area (Å²) in [6, 6.07) is 0. The molecule has 74 valence electrons. The monoisotopic (exact) mass is 184 g/mol. The van der Waals surface area contributed by atoms with E-state index in [2.05, 4.69) is 0 Å². The maximum absolute atomic E-state index is 11.0. The number of aliphatic carboxylic acids is 1. The molecule has 1 atom stereocenters. The highest BCUT2D eigenvalue weighted by Crippen LogP contribution is 2.38. The van der Waals surface area contributed by atoms with Gasteiger partial charge in [0.1, 0.15) is 0 Å². The summed E-state index contributed by atoms with van der Waals surface area (Å²) in [4.78, 5) is 11.0. The van der Waals surface area contributed by atoms with Gasteiger partial charge in [-0.15, -0.1) is 0 Å². The van der Waals surface area contributed by atoms with Gasteiger partial charge < -0.3 is 9.84 Å². The van der Waals surface area contributed by atoms with Crippen LogP contribution in [0.4, 0.5) is 0 Å². The molecule has 1 aliphatic carbocycles. The van der Waals surface area contributed by atoms with Crippen LogP contribution in [0.25, 0.3) is 0 Å². The van der Waals surface area contributed by atoms with Crippen molar-refractivity contribution in [2.45, 2.75) is 32.6 Å². The van der Waals surface area contributed by atoms with E-state index in [1.165, 1.54) is 0 Å². The average Bonchev–Trinajstić information content (AvgIpc) is 2.04. The van der Waals surface area contributed by atoms with Gasteiger partial charge in [0.25, 0.3) is 0 Å². The van der Waals surface area contributed by atoms with E-state index in [1.807, 2.05) is 0 Å². The van der Waals surface area contributed by atoms with Crippen LogP contribution in [-0.2, 0) is 9.53 Å². The highest BCUT2D eigenvalue weighted by Gasteiger charge is 2.36. The Balaban J connectivity index is 2.71. The second kappa shape index (κ2) is 3.81. The minimum atomic E-state index is -0.700. The first-order chi connectivity index (χ1) is 6.08. The Morgan fingerprint density at radius 2 is 2.38 bits per heavy atom. The van der Waals surface area contributed by atoms with Crippen molar-refractivity contribution in [1.29, 1.82) is 0 Å². The molecule has 0 aromatic carbocycles. The van der Waals surface area contributed by atoms with Gasteiger partial charge in [0.05, 0.1) is 18.8 Å². The normalized spacial score (nSPS) is 31.7. The molecule has 1 N–H and O–H groups in total. The third kappa shape index (κ3) is 2.23. The quantitative estimate of drug-likeness (QED) is 0.669. The molecule has 3 nitrogen and oxygen atoms in total. The lowest BCUT2D eigenvalue weighted by atomic mass is 9.74. The Hall–Kier alpha value is -0.990. The number of hydrogen-bond acceptors (Lipinski definition) is 2. The molecule has 0 spiro atoms. The van der Waals surface area contributed by atoms with Crippen LogP contribution in [0.1, 0.15) is 32.6 Å². The van der Waals surface area contributed by atoms with Gasteiger partial charge >= 0.3 is 5.97 Å². The number of allylic oxidation sites excluding steroid dienone is 1. The number of hydrogen-bond donors (Lipinski definition) is 1. The zero-order valence-electron chi connectivity index (χ0n) is 8.17. The molecule has 1 aliphatic rings. The number of ether oxygens (including phenoxy) is 1. The van der Waals surface area contributed by atoms with Crippen molar-refractivity contribution in [3.8, 4) is 0 Å². The predicted octanol–water partition coefficient (Wildman–Crippen LogP) is 2.18. The Kier molecular flexibility index (Phi) is 2.96. The van der Waals surface area contributed by atoms with Crippen LogP contribution in [0.5, 0.6) is 0 Å². The fourth-order valence-electron chi connectivity index (χ4n) is 1.83. The molecule has 0 saturated heterocycles. The lowest BCUT2D eigenvalue weighted by Gasteiger charge is -2.30. The molecule has 0 bridgehead atoms. The maximum atomic E-state index is 11.0. The summed E-state index contributed by atoms with van der Waals surface area (Å²) in [5, 5.41) is 9.02. The average molecular weight is 184 g/mol. The first-order valence-electron chi connectivity index (χ1n) is 4.52.